The van der Waals surface area contributed by atoms with Crippen LogP contribution >= 0.6 is 0 Å². The Morgan fingerprint density at radius 1 is 1.10 bits per heavy atom. The minimum Gasteiger partial charge on any atom is -0.380 e. The molecule has 0 aliphatic heterocycles. The molecule has 1 amide bonds. The van der Waals surface area contributed by atoms with Crippen LogP contribution in [0.4, 0.5) is 5.69 Å². The van der Waals surface area contributed by atoms with E-state index >= 15 is 0 Å². The Kier molecular flexibility index (Phi) is 4.53. The van der Waals surface area contributed by atoms with E-state index in [1.807, 2.05) is 43.3 Å². The molecule has 3 heteroatoms. The summed E-state index contributed by atoms with van der Waals surface area (Å²) < 4.78 is 5.08. The first kappa shape index (κ1) is 14.3. The fraction of sp³-hybridized carbons (Fsp3) is 0.235. The average Bonchev–Trinajstić information content (AvgIpc) is 2.43. The molecule has 20 heavy (non-hydrogen) atoms. The van der Waals surface area contributed by atoms with E-state index in [1.54, 1.807) is 13.2 Å². The molecule has 0 saturated heterocycles. The highest BCUT2D eigenvalue weighted by Crippen LogP contribution is 2.15. The van der Waals surface area contributed by atoms with Crippen molar-refractivity contribution in [3.8, 4) is 0 Å². The van der Waals surface area contributed by atoms with Crippen molar-refractivity contribution in [2.75, 3.05) is 12.4 Å². The van der Waals surface area contributed by atoms with E-state index in [4.69, 9.17) is 4.74 Å². The van der Waals surface area contributed by atoms with Crippen molar-refractivity contribution in [1.82, 2.24) is 0 Å². The van der Waals surface area contributed by atoms with Crippen LogP contribution in [0.3, 0.4) is 0 Å². The Balaban J connectivity index is 2.15. The Morgan fingerprint density at radius 2 is 1.90 bits per heavy atom. The third-order valence-corrected chi connectivity index (χ3v) is 3.26. The first-order chi connectivity index (χ1) is 9.60. The number of nitrogens with one attached hydrogen (secondary N) is 1. The number of rotatable bonds is 4. The molecule has 0 atom stereocenters. The van der Waals surface area contributed by atoms with Gasteiger partial charge in [-0.2, -0.15) is 0 Å². The van der Waals surface area contributed by atoms with Crippen LogP contribution < -0.4 is 5.32 Å². The molecule has 2 aromatic rings. The quantitative estimate of drug-likeness (QED) is 0.919. The summed E-state index contributed by atoms with van der Waals surface area (Å²) in [6.45, 7) is 4.59. The maximum Gasteiger partial charge on any atom is 0.255 e. The van der Waals surface area contributed by atoms with Crippen molar-refractivity contribution >= 4 is 11.6 Å². The first-order valence-corrected chi connectivity index (χ1v) is 6.56. The highest BCUT2D eigenvalue weighted by Gasteiger charge is 2.07. The van der Waals surface area contributed by atoms with Crippen LogP contribution in [0.15, 0.2) is 42.5 Å². The van der Waals surface area contributed by atoms with Gasteiger partial charge >= 0.3 is 0 Å². The molecule has 0 bridgehead atoms. The van der Waals surface area contributed by atoms with E-state index in [2.05, 4.69) is 12.2 Å². The summed E-state index contributed by atoms with van der Waals surface area (Å²) in [5.74, 6) is -0.105. The Bertz CT molecular complexity index is 620. The summed E-state index contributed by atoms with van der Waals surface area (Å²) in [6.07, 6.45) is 0. The first-order valence-electron chi connectivity index (χ1n) is 6.56. The highest BCUT2D eigenvalue weighted by molar-refractivity contribution is 6.04. The summed E-state index contributed by atoms with van der Waals surface area (Å²) in [6, 6.07) is 13.4. The van der Waals surface area contributed by atoms with Gasteiger partial charge < -0.3 is 10.1 Å². The van der Waals surface area contributed by atoms with Crippen LogP contribution in [0.5, 0.6) is 0 Å². The minimum absolute atomic E-state index is 0.105. The molecule has 0 saturated carbocycles. The lowest BCUT2D eigenvalue weighted by Gasteiger charge is -2.08. The van der Waals surface area contributed by atoms with E-state index in [1.165, 1.54) is 5.56 Å². The van der Waals surface area contributed by atoms with Gasteiger partial charge in [0, 0.05) is 18.4 Å². The molecule has 2 aromatic carbocycles. The third kappa shape index (κ3) is 3.45. The molecular formula is C17H19NO2. The van der Waals surface area contributed by atoms with Crippen LogP contribution in [0.25, 0.3) is 0 Å². The van der Waals surface area contributed by atoms with Crippen LogP contribution in [0.1, 0.15) is 27.0 Å². The van der Waals surface area contributed by atoms with E-state index in [0.717, 1.165) is 16.8 Å². The molecule has 0 aliphatic carbocycles. The zero-order valence-electron chi connectivity index (χ0n) is 12.1. The lowest BCUT2D eigenvalue weighted by molar-refractivity contribution is 0.102. The van der Waals surface area contributed by atoms with Gasteiger partial charge in [-0.05, 0) is 54.8 Å². The number of hydrogen-bond acceptors (Lipinski definition) is 2. The molecule has 0 aromatic heterocycles. The molecule has 104 valence electrons. The zero-order valence-corrected chi connectivity index (χ0v) is 12.1. The van der Waals surface area contributed by atoms with Crippen molar-refractivity contribution in [2.24, 2.45) is 0 Å². The normalized spacial score (nSPS) is 10.3. The monoisotopic (exact) mass is 269 g/mol. The predicted octanol–water partition coefficient (Wildman–Crippen LogP) is 3.70. The number of methoxy groups -OCH3 is 1. The van der Waals surface area contributed by atoms with E-state index in [9.17, 15) is 4.79 Å². The molecule has 0 aliphatic rings. The van der Waals surface area contributed by atoms with Gasteiger partial charge in [0.15, 0.2) is 0 Å². The number of anilines is 1. The van der Waals surface area contributed by atoms with Gasteiger partial charge in [-0.15, -0.1) is 0 Å². The maximum atomic E-state index is 12.2. The molecule has 0 fully saturated rings. The zero-order chi connectivity index (χ0) is 14.5. The maximum absolute atomic E-state index is 12.2. The smallest absolute Gasteiger partial charge is 0.255 e. The van der Waals surface area contributed by atoms with E-state index in [-0.39, 0.29) is 5.91 Å². The van der Waals surface area contributed by atoms with Crippen LogP contribution in [0, 0.1) is 13.8 Å². The van der Waals surface area contributed by atoms with Crippen molar-refractivity contribution in [3.63, 3.8) is 0 Å². The van der Waals surface area contributed by atoms with Gasteiger partial charge in [-0.3, -0.25) is 4.79 Å². The molecule has 0 radical (unpaired) electrons. The fourth-order valence-corrected chi connectivity index (χ4v) is 1.99. The van der Waals surface area contributed by atoms with Crippen molar-refractivity contribution in [1.29, 1.82) is 0 Å². The van der Waals surface area contributed by atoms with Crippen LogP contribution in [-0.4, -0.2) is 13.0 Å². The topological polar surface area (TPSA) is 38.3 Å². The number of carbonyl (C=O) groups is 1. The van der Waals surface area contributed by atoms with Gasteiger partial charge in [0.1, 0.15) is 0 Å². The lowest BCUT2D eigenvalue weighted by Crippen LogP contribution is -2.12. The summed E-state index contributed by atoms with van der Waals surface area (Å²) in [7, 11) is 1.64. The second kappa shape index (κ2) is 6.35. The van der Waals surface area contributed by atoms with Crippen molar-refractivity contribution in [2.45, 2.75) is 20.5 Å². The molecule has 0 unspecified atom stereocenters. The van der Waals surface area contributed by atoms with Gasteiger partial charge in [-0.25, -0.2) is 0 Å². The number of ether oxygens (including phenoxy) is 1. The fourth-order valence-electron chi connectivity index (χ4n) is 1.99. The number of benzene rings is 2. The van der Waals surface area contributed by atoms with Crippen LogP contribution in [0.2, 0.25) is 0 Å². The molecule has 2 rings (SSSR count). The van der Waals surface area contributed by atoms with Gasteiger partial charge in [0.25, 0.3) is 5.91 Å². The molecular weight excluding hydrogens is 250 g/mol. The van der Waals surface area contributed by atoms with Crippen LogP contribution in [-0.2, 0) is 11.3 Å². The Morgan fingerprint density at radius 3 is 2.60 bits per heavy atom. The van der Waals surface area contributed by atoms with Crippen molar-refractivity contribution in [3.05, 3.63) is 64.7 Å². The summed E-state index contributed by atoms with van der Waals surface area (Å²) >= 11 is 0. The Labute approximate surface area is 119 Å². The lowest BCUT2D eigenvalue weighted by atomic mass is 10.1. The minimum atomic E-state index is -0.105. The third-order valence-electron chi connectivity index (χ3n) is 3.26. The van der Waals surface area contributed by atoms with Gasteiger partial charge in [-0.1, -0.05) is 18.2 Å². The summed E-state index contributed by atoms with van der Waals surface area (Å²) in [4.78, 5) is 12.2. The number of amides is 1. The molecule has 0 spiro atoms. The highest BCUT2D eigenvalue weighted by atomic mass is 16.5. The van der Waals surface area contributed by atoms with E-state index in [0.29, 0.717) is 12.2 Å². The van der Waals surface area contributed by atoms with Crippen molar-refractivity contribution < 1.29 is 9.53 Å². The molecule has 3 nitrogen and oxygen atoms in total. The second-order valence-corrected chi connectivity index (χ2v) is 4.89. The number of carbonyl (C=O) groups excluding carboxylic acids is 1. The summed E-state index contributed by atoms with van der Waals surface area (Å²) in [5.41, 5.74) is 4.81. The van der Waals surface area contributed by atoms with Gasteiger partial charge in [0.05, 0.1) is 6.61 Å². The predicted molar refractivity (Wildman–Crippen MR) is 81.0 cm³/mol. The standard InChI is InChI=1S/C17H19NO2/c1-12-7-8-16(9-13(12)2)18-17(19)15-6-4-5-14(10-15)11-20-3/h4-10H,11H2,1-3H3,(H,18,19). The Hall–Kier alpha value is -2.13. The SMILES string of the molecule is COCc1cccc(C(=O)Nc2ccc(C)c(C)c2)c1. The average molecular weight is 269 g/mol. The molecule has 0 heterocycles. The number of aryl methyl sites for hydroxylation is 2. The largest absolute Gasteiger partial charge is 0.380 e. The molecule has 1 N–H and O–H groups in total. The second-order valence-electron chi connectivity index (χ2n) is 4.89. The number of hydrogen-bond donors (Lipinski definition) is 1. The van der Waals surface area contributed by atoms with Gasteiger partial charge in [0.2, 0.25) is 0 Å². The summed E-state index contributed by atoms with van der Waals surface area (Å²) in [5, 5.41) is 2.92. The van der Waals surface area contributed by atoms with E-state index < -0.39 is 0 Å².